The second kappa shape index (κ2) is 8.25. The van der Waals surface area contributed by atoms with Crippen molar-refractivity contribution in [2.75, 3.05) is 17.5 Å². The van der Waals surface area contributed by atoms with Crippen LogP contribution in [0.5, 0.6) is 17.4 Å². The summed E-state index contributed by atoms with van der Waals surface area (Å²) in [5.74, 6) is -2.23. The minimum Gasteiger partial charge on any atom is -0.505 e. The maximum atomic E-state index is 12.3. The Hall–Kier alpha value is -3.86. The molecule has 1 amide bonds. The van der Waals surface area contributed by atoms with Crippen molar-refractivity contribution >= 4 is 38.4 Å². The number of aromatic nitrogens is 1. The van der Waals surface area contributed by atoms with Gasteiger partial charge < -0.3 is 20.3 Å². The molecule has 0 saturated carbocycles. The molecule has 0 fully saturated rings. The number of nitrogens with zero attached hydrogens (tertiary/aromatic N) is 1. The maximum absolute atomic E-state index is 12.3. The van der Waals surface area contributed by atoms with Gasteiger partial charge in [0.1, 0.15) is 12.3 Å². The van der Waals surface area contributed by atoms with Gasteiger partial charge in [0.05, 0.1) is 6.26 Å². The van der Waals surface area contributed by atoms with E-state index in [0.29, 0.717) is 22.2 Å². The zero-order valence-electron chi connectivity index (χ0n) is 15.6. The molecule has 156 valence electrons. The topological polar surface area (TPSA) is 155 Å². The summed E-state index contributed by atoms with van der Waals surface area (Å²) in [6.45, 7) is -0.641. The van der Waals surface area contributed by atoms with Crippen LogP contribution in [0.4, 0.5) is 5.69 Å². The molecule has 0 aliphatic heterocycles. The number of hydrogen-bond donors (Lipinski definition) is 4. The smallest absolute Gasteiger partial charge is 0.322 e. The monoisotopic (exact) mass is 431 g/mol. The van der Waals surface area contributed by atoms with Gasteiger partial charge >= 0.3 is 5.97 Å². The molecule has 0 unspecified atom stereocenters. The fraction of sp³-hybridized carbons (Fsp3) is 0.105. The third-order valence-corrected chi connectivity index (χ3v) is 4.44. The number of fused-ring (bicyclic) bond motifs is 1. The van der Waals surface area contributed by atoms with Crippen LogP contribution in [-0.4, -0.2) is 48.3 Å². The Bertz CT molecular complexity index is 1220. The van der Waals surface area contributed by atoms with Crippen LogP contribution in [0.15, 0.2) is 48.5 Å². The number of nitrogens with one attached hydrogen (secondary N) is 2. The number of sulfonamides is 1. The normalized spacial score (nSPS) is 11.1. The molecule has 3 aromatic rings. The molecule has 1 heterocycles. The van der Waals surface area contributed by atoms with E-state index < -0.39 is 34.2 Å². The number of aliphatic carboxylic acids is 1. The van der Waals surface area contributed by atoms with E-state index in [1.807, 2.05) is 0 Å². The number of amides is 1. The summed E-state index contributed by atoms with van der Waals surface area (Å²) in [5, 5.41) is 22.0. The van der Waals surface area contributed by atoms with Crippen molar-refractivity contribution in [1.82, 2.24) is 10.3 Å². The molecular weight excluding hydrogens is 414 g/mol. The van der Waals surface area contributed by atoms with Crippen LogP contribution in [0.2, 0.25) is 0 Å². The molecular formula is C19H17N3O7S. The second-order valence-corrected chi connectivity index (χ2v) is 7.99. The van der Waals surface area contributed by atoms with Crippen LogP contribution < -0.4 is 14.8 Å². The molecule has 0 aliphatic carbocycles. The van der Waals surface area contributed by atoms with Gasteiger partial charge in [0.2, 0.25) is 15.9 Å². The minimum atomic E-state index is -3.43. The molecule has 30 heavy (non-hydrogen) atoms. The molecule has 0 saturated heterocycles. The van der Waals surface area contributed by atoms with E-state index >= 15 is 0 Å². The summed E-state index contributed by atoms with van der Waals surface area (Å²) in [6.07, 6.45) is 1.03. The molecule has 0 bridgehead atoms. The minimum absolute atomic E-state index is 0.00713. The number of carboxylic acids is 1. The van der Waals surface area contributed by atoms with E-state index in [4.69, 9.17) is 9.84 Å². The number of benzene rings is 2. The fourth-order valence-corrected chi connectivity index (χ4v) is 3.18. The van der Waals surface area contributed by atoms with E-state index in [2.05, 4.69) is 15.0 Å². The van der Waals surface area contributed by atoms with Gasteiger partial charge in [-0.15, -0.1) is 0 Å². The zero-order chi connectivity index (χ0) is 21.9. The van der Waals surface area contributed by atoms with E-state index in [-0.39, 0.29) is 11.6 Å². The van der Waals surface area contributed by atoms with Gasteiger partial charge in [-0.2, -0.15) is 0 Å². The maximum Gasteiger partial charge on any atom is 0.322 e. The van der Waals surface area contributed by atoms with E-state index in [1.165, 1.54) is 24.3 Å². The van der Waals surface area contributed by atoms with E-state index in [0.717, 1.165) is 6.26 Å². The Labute approximate surface area is 171 Å². The van der Waals surface area contributed by atoms with Gasteiger partial charge in [-0.25, -0.2) is 13.4 Å². The molecule has 0 atom stereocenters. The lowest BCUT2D eigenvalue weighted by molar-refractivity contribution is -0.135. The first-order chi connectivity index (χ1) is 14.1. The van der Waals surface area contributed by atoms with Gasteiger partial charge in [0.15, 0.2) is 11.4 Å². The molecule has 11 heteroatoms. The summed E-state index contributed by atoms with van der Waals surface area (Å²) >= 11 is 0. The predicted molar refractivity (Wildman–Crippen MR) is 108 cm³/mol. The first-order valence-electron chi connectivity index (χ1n) is 8.51. The highest BCUT2D eigenvalue weighted by atomic mass is 32.2. The van der Waals surface area contributed by atoms with Gasteiger partial charge in [0.25, 0.3) is 5.91 Å². The Kier molecular flexibility index (Phi) is 5.74. The van der Waals surface area contributed by atoms with Crippen LogP contribution in [0.25, 0.3) is 10.8 Å². The molecule has 0 aliphatic rings. The lowest BCUT2D eigenvalue weighted by atomic mass is 10.1. The third-order valence-electron chi connectivity index (χ3n) is 3.84. The summed E-state index contributed by atoms with van der Waals surface area (Å²) in [4.78, 5) is 27.0. The average molecular weight is 431 g/mol. The van der Waals surface area contributed by atoms with Crippen molar-refractivity contribution in [2.45, 2.75) is 0 Å². The lowest BCUT2D eigenvalue weighted by Gasteiger charge is -2.13. The van der Waals surface area contributed by atoms with Crippen molar-refractivity contribution < 1.29 is 33.0 Å². The highest BCUT2D eigenvalue weighted by Gasteiger charge is 2.20. The molecule has 2 aromatic carbocycles. The number of hydrogen-bond acceptors (Lipinski definition) is 7. The second-order valence-electron chi connectivity index (χ2n) is 6.24. The summed E-state index contributed by atoms with van der Waals surface area (Å²) in [5.41, 5.74) is -0.0533. The van der Waals surface area contributed by atoms with Gasteiger partial charge in [-0.3, -0.25) is 14.3 Å². The Morgan fingerprint density at radius 2 is 1.70 bits per heavy atom. The molecule has 3 rings (SSSR count). The molecule has 4 N–H and O–H groups in total. The zero-order valence-corrected chi connectivity index (χ0v) is 16.4. The number of carbonyl (C=O) groups is 2. The van der Waals surface area contributed by atoms with Crippen LogP contribution in [0.1, 0.15) is 10.5 Å². The Morgan fingerprint density at radius 3 is 2.30 bits per heavy atom. The van der Waals surface area contributed by atoms with Crippen LogP contribution in [0, 0.1) is 0 Å². The highest BCUT2D eigenvalue weighted by molar-refractivity contribution is 7.92. The van der Waals surface area contributed by atoms with Gasteiger partial charge in [-0.1, -0.05) is 18.2 Å². The number of pyridine rings is 1. The van der Waals surface area contributed by atoms with E-state index in [1.54, 1.807) is 24.3 Å². The lowest BCUT2D eigenvalue weighted by Crippen LogP contribution is -2.30. The molecule has 10 nitrogen and oxygen atoms in total. The summed E-state index contributed by atoms with van der Waals surface area (Å²) < 4.78 is 30.7. The quantitative estimate of drug-likeness (QED) is 0.442. The molecule has 0 spiro atoms. The van der Waals surface area contributed by atoms with Gasteiger partial charge in [-0.05, 0) is 30.3 Å². The Balaban J connectivity index is 1.97. The number of carboxylic acid groups (broad SMARTS) is 1. The first kappa shape index (κ1) is 20.9. The first-order valence-corrected chi connectivity index (χ1v) is 10.4. The highest BCUT2D eigenvalue weighted by Crippen LogP contribution is 2.35. The largest absolute Gasteiger partial charge is 0.505 e. The van der Waals surface area contributed by atoms with Gasteiger partial charge in [0, 0.05) is 16.5 Å². The predicted octanol–water partition coefficient (Wildman–Crippen LogP) is 1.92. The van der Waals surface area contributed by atoms with Crippen molar-refractivity contribution in [2.24, 2.45) is 0 Å². The number of carbonyl (C=O) groups excluding carboxylic acids is 1. The summed E-state index contributed by atoms with van der Waals surface area (Å²) in [6, 6.07) is 12.5. The third kappa shape index (κ3) is 4.94. The summed E-state index contributed by atoms with van der Waals surface area (Å²) in [7, 11) is -3.43. The van der Waals surface area contributed by atoms with Crippen molar-refractivity contribution in [3.63, 3.8) is 0 Å². The Morgan fingerprint density at radius 1 is 1.07 bits per heavy atom. The standard InChI is InChI=1S/C19H17N3O7S/c1-30(27,28)22-11-6-8-12(9-7-11)29-19-14-5-3-2-4-13(14)17(25)16(21-19)18(26)20-10-15(23)24/h2-9,22,25H,10H2,1H3,(H,20,26)(H,23,24). The van der Waals surface area contributed by atoms with Crippen LogP contribution in [-0.2, 0) is 14.8 Å². The fourth-order valence-electron chi connectivity index (χ4n) is 2.61. The van der Waals surface area contributed by atoms with Crippen molar-refractivity contribution in [3.05, 3.63) is 54.2 Å². The number of ether oxygens (including phenoxy) is 1. The SMILES string of the molecule is CS(=O)(=O)Nc1ccc(Oc2nc(C(=O)NCC(=O)O)c(O)c3ccccc23)cc1. The number of rotatable bonds is 7. The average Bonchev–Trinajstić information content (AvgIpc) is 2.68. The molecule has 1 aromatic heterocycles. The molecule has 0 radical (unpaired) electrons. The van der Waals surface area contributed by atoms with Crippen LogP contribution >= 0.6 is 0 Å². The van der Waals surface area contributed by atoms with Crippen molar-refractivity contribution in [3.8, 4) is 17.4 Å². The number of aromatic hydroxyl groups is 1. The van der Waals surface area contributed by atoms with Crippen LogP contribution in [0.3, 0.4) is 0 Å². The van der Waals surface area contributed by atoms with E-state index in [9.17, 15) is 23.1 Å². The van der Waals surface area contributed by atoms with Crippen molar-refractivity contribution in [1.29, 1.82) is 0 Å². The number of anilines is 1.